The Bertz CT molecular complexity index is 1040. The highest BCUT2D eigenvalue weighted by Gasteiger charge is 2.31. The van der Waals surface area contributed by atoms with Gasteiger partial charge >= 0.3 is 0 Å². The molecule has 4 heteroatoms. The Morgan fingerprint density at radius 3 is 2.29 bits per heavy atom. The van der Waals surface area contributed by atoms with Crippen LogP contribution in [-0.2, 0) is 6.42 Å². The lowest BCUT2D eigenvalue weighted by molar-refractivity contribution is 0.0978. The second-order valence-electron chi connectivity index (χ2n) is 7.20. The van der Waals surface area contributed by atoms with Crippen LogP contribution in [0.1, 0.15) is 38.8 Å². The number of hydrogen-bond acceptors (Lipinski definition) is 2. The minimum absolute atomic E-state index is 0.0386. The van der Waals surface area contributed by atoms with E-state index >= 15 is 0 Å². The molecule has 1 unspecified atom stereocenters. The van der Waals surface area contributed by atoms with Gasteiger partial charge in [0, 0.05) is 28.5 Å². The Kier molecular flexibility index (Phi) is 4.70. The van der Waals surface area contributed by atoms with Gasteiger partial charge < -0.3 is 10.2 Å². The summed E-state index contributed by atoms with van der Waals surface area (Å²) in [5.41, 5.74) is 5.06. The monoisotopic (exact) mass is 370 g/mol. The van der Waals surface area contributed by atoms with Crippen molar-refractivity contribution in [2.75, 3.05) is 10.2 Å². The van der Waals surface area contributed by atoms with Gasteiger partial charge in [-0.2, -0.15) is 0 Å². The zero-order valence-electron chi connectivity index (χ0n) is 16.0. The van der Waals surface area contributed by atoms with Gasteiger partial charge in [0.1, 0.15) is 0 Å². The molecule has 1 aliphatic rings. The first-order valence-corrected chi connectivity index (χ1v) is 9.43. The molecule has 1 heterocycles. The molecule has 0 bridgehead atoms. The Hall–Kier alpha value is -3.40. The zero-order valence-corrected chi connectivity index (χ0v) is 16.0. The molecule has 4 rings (SSSR count). The highest BCUT2D eigenvalue weighted by molar-refractivity contribution is 6.09. The van der Waals surface area contributed by atoms with Crippen LogP contribution in [0.5, 0.6) is 0 Å². The summed E-state index contributed by atoms with van der Waals surface area (Å²) in [6.45, 7) is 4.01. The Morgan fingerprint density at radius 2 is 1.54 bits per heavy atom. The topological polar surface area (TPSA) is 49.4 Å². The number of amides is 2. The number of carbonyl (C=O) groups is 2. The molecule has 0 radical (unpaired) electrons. The van der Waals surface area contributed by atoms with E-state index in [1.54, 1.807) is 24.3 Å². The van der Waals surface area contributed by atoms with Gasteiger partial charge in [-0.3, -0.25) is 9.59 Å². The molecule has 2 amide bonds. The smallest absolute Gasteiger partial charge is 0.258 e. The second-order valence-corrected chi connectivity index (χ2v) is 7.20. The van der Waals surface area contributed by atoms with Crippen molar-refractivity contribution in [2.24, 2.45) is 0 Å². The van der Waals surface area contributed by atoms with Gasteiger partial charge in [0.2, 0.25) is 0 Å². The van der Waals surface area contributed by atoms with E-state index in [1.165, 1.54) is 5.56 Å². The summed E-state index contributed by atoms with van der Waals surface area (Å²) in [7, 11) is 0. The Labute approximate surface area is 164 Å². The van der Waals surface area contributed by atoms with Crippen LogP contribution in [0.2, 0.25) is 0 Å². The number of nitrogens with zero attached hydrogens (tertiary/aromatic N) is 1. The highest BCUT2D eigenvalue weighted by atomic mass is 16.2. The van der Waals surface area contributed by atoms with E-state index < -0.39 is 0 Å². The molecule has 0 saturated heterocycles. The number of rotatable bonds is 3. The summed E-state index contributed by atoms with van der Waals surface area (Å²) >= 11 is 0. The van der Waals surface area contributed by atoms with Crippen LogP contribution in [0, 0.1) is 6.92 Å². The fourth-order valence-electron chi connectivity index (χ4n) is 3.69. The van der Waals surface area contributed by atoms with Crippen molar-refractivity contribution in [3.05, 3.63) is 95.1 Å². The van der Waals surface area contributed by atoms with Gasteiger partial charge in [0.25, 0.3) is 11.8 Å². The van der Waals surface area contributed by atoms with E-state index in [-0.39, 0.29) is 17.9 Å². The summed E-state index contributed by atoms with van der Waals surface area (Å²) in [5.74, 6) is -0.225. The lowest BCUT2D eigenvalue weighted by Gasteiger charge is -2.23. The quantitative estimate of drug-likeness (QED) is 0.717. The van der Waals surface area contributed by atoms with E-state index in [0.29, 0.717) is 11.1 Å². The van der Waals surface area contributed by atoms with E-state index in [1.807, 2.05) is 54.3 Å². The van der Waals surface area contributed by atoms with Crippen molar-refractivity contribution in [1.82, 2.24) is 0 Å². The molecule has 1 atom stereocenters. The van der Waals surface area contributed by atoms with Gasteiger partial charge in [-0.25, -0.2) is 0 Å². The fraction of sp³-hybridized carbons (Fsp3) is 0.167. The third kappa shape index (κ3) is 3.29. The molecule has 4 nitrogen and oxygen atoms in total. The number of nitrogens with one attached hydrogen (secondary N) is 1. The maximum atomic E-state index is 13.1. The molecule has 0 saturated carbocycles. The van der Waals surface area contributed by atoms with Crippen LogP contribution in [0.25, 0.3) is 0 Å². The van der Waals surface area contributed by atoms with Crippen LogP contribution in [0.3, 0.4) is 0 Å². The first-order valence-electron chi connectivity index (χ1n) is 9.43. The number of para-hydroxylation sites is 2. The van der Waals surface area contributed by atoms with Crippen LogP contribution >= 0.6 is 0 Å². The normalized spacial score (nSPS) is 15.2. The Morgan fingerprint density at radius 1 is 0.893 bits per heavy atom. The van der Waals surface area contributed by atoms with E-state index in [2.05, 4.69) is 18.3 Å². The molecular weight excluding hydrogens is 348 g/mol. The minimum atomic E-state index is -0.187. The van der Waals surface area contributed by atoms with Crippen LogP contribution in [-0.4, -0.2) is 17.9 Å². The number of anilines is 2. The minimum Gasteiger partial charge on any atom is -0.322 e. The molecule has 1 N–H and O–H groups in total. The molecule has 0 aromatic heterocycles. The molecule has 0 spiro atoms. The predicted octanol–water partition coefficient (Wildman–Crippen LogP) is 4.84. The molecule has 1 aliphatic heterocycles. The maximum Gasteiger partial charge on any atom is 0.258 e. The van der Waals surface area contributed by atoms with Crippen molar-refractivity contribution in [2.45, 2.75) is 26.3 Å². The third-order valence-corrected chi connectivity index (χ3v) is 5.21. The second kappa shape index (κ2) is 7.31. The largest absolute Gasteiger partial charge is 0.322 e. The zero-order chi connectivity index (χ0) is 19.7. The summed E-state index contributed by atoms with van der Waals surface area (Å²) in [5, 5.41) is 2.92. The molecule has 140 valence electrons. The molecule has 3 aromatic carbocycles. The third-order valence-electron chi connectivity index (χ3n) is 5.21. The van der Waals surface area contributed by atoms with Crippen molar-refractivity contribution in [1.29, 1.82) is 0 Å². The SMILES string of the molecule is Cc1ccccc1NC(=O)c1ccc(C(=O)N2c3ccccc3CC2C)cc1. The standard InChI is InChI=1S/C24H22N2O2/c1-16-7-3-5-9-21(16)25-23(27)18-11-13-19(14-12-18)24(28)26-17(2)15-20-8-4-6-10-22(20)26/h3-14,17H,15H2,1-2H3,(H,25,27). The van der Waals surface area contributed by atoms with Crippen LogP contribution < -0.4 is 10.2 Å². The molecule has 28 heavy (non-hydrogen) atoms. The Balaban J connectivity index is 1.53. The number of fused-ring (bicyclic) bond motifs is 1. The van der Waals surface area contributed by atoms with Crippen molar-refractivity contribution in [3.8, 4) is 0 Å². The summed E-state index contributed by atoms with van der Waals surface area (Å²) in [4.78, 5) is 27.4. The first kappa shape index (κ1) is 18.0. The van der Waals surface area contributed by atoms with Gasteiger partial charge in [-0.05, 0) is 67.8 Å². The molecule has 0 fully saturated rings. The number of hydrogen-bond donors (Lipinski definition) is 1. The maximum absolute atomic E-state index is 13.1. The summed E-state index contributed by atoms with van der Waals surface area (Å²) < 4.78 is 0. The lowest BCUT2D eigenvalue weighted by atomic mass is 10.1. The number of aryl methyl sites for hydroxylation is 1. The molecule has 3 aromatic rings. The predicted molar refractivity (Wildman–Crippen MR) is 112 cm³/mol. The van der Waals surface area contributed by atoms with E-state index in [9.17, 15) is 9.59 Å². The summed E-state index contributed by atoms with van der Waals surface area (Å²) in [6, 6.07) is 22.6. The van der Waals surface area contributed by atoms with E-state index in [4.69, 9.17) is 0 Å². The first-order chi connectivity index (χ1) is 13.5. The van der Waals surface area contributed by atoms with Crippen molar-refractivity contribution < 1.29 is 9.59 Å². The van der Waals surface area contributed by atoms with E-state index in [0.717, 1.165) is 23.4 Å². The molecular formula is C24H22N2O2. The average Bonchev–Trinajstić information content (AvgIpc) is 3.05. The summed E-state index contributed by atoms with van der Waals surface area (Å²) in [6.07, 6.45) is 0.860. The fourth-order valence-corrected chi connectivity index (χ4v) is 3.69. The van der Waals surface area contributed by atoms with Crippen molar-refractivity contribution >= 4 is 23.2 Å². The van der Waals surface area contributed by atoms with Crippen molar-refractivity contribution in [3.63, 3.8) is 0 Å². The van der Waals surface area contributed by atoms with Crippen LogP contribution in [0.4, 0.5) is 11.4 Å². The van der Waals surface area contributed by atoms with Gasteiger partial charge in [-0.15, -0.1) is 0 Å². The number of benzene rings is 3. The van der Waals surface area contributed by atoms with Gasteiger partial charge in [-0.1, -0.05) is 36.4 Å². The number of carbonyl (C=O) groups excluding carboxylic acids is 2. The average molecular weight is 370 g/mol. The lowest BCUT2D eigenvalue weighted by Crippen LogP contribution is -2.35. The highest BCUT2D eigenvalue weighted by Crippen LogP contribution is 2.33. The van der Waals surface area contributed by atoms with Crippen LogP contribution in [0.15, 0.2) is 72.8 Å². The molecule has 0 aliphatic carbocycles. The van der Waals surface area contributed by atoms with Gasteiger partial charge in [0.05, 0.1) is 0 Å². The van der Waals surface area contributed by atoms with Gasteiger partial charge in [0.15, 0.2) is 0 Å².